The zero-order valence-corrected chi connectivity index (χ0v) is 2.55. The van der Waals surface area contributed by atoms with Crippen LogP contribution in [0.4, 0.5) is 0 Å². The normalized spacial score (nSPS) is 8.80. The predicted octanol–water partition coefficient (Wildman–Crippen LogP) is -1.21. The predicted molar refractivity (Wildman–Crippen MR) is 16.3 cm³/mol. The van der Waals surface area contributed by atoms with Crippen molar-refractivity contribution in [1.82, 2.24) is 0 Å². The minimum Gasteiger partial charge on any atom is -0.289 e. The lowest BCUT2D eigenvalue weighted by atomic mass is 10.9. The highest BCUT2D eigenvalue weighted by Gasteiger charge is 1.67. The van der Waals surface area contributed by atoms with Crippen molar-refractivity contribution in [3.63, 3.8) is 0 Å². The van der Waals surface area contributed by atoms with Crippen LogP contribution in [0.25, 0.3) is 0 Å². The Bertz CT molecular complexity index is 49.6. The van der Waals surface area contributed by atoms with Crippen LogP contribution in [0.15, 0.2) is 0 Å². The number of carbonyl (C=O) groups is 1. The molecule has 0 saturated carbocycles. The first-order chi connectivity index (χ1) is 2.41. The van der Waals surface area contributed by atoms with E-state index in [0.29, 0.717) is 6.29 Å². The quantitative estimate of drug-likeness (QED) is 0.184. The van der Waals surface area contributed by atoms with Gasteiger partial charge in [0.15, 0.2) is 0 Å². The zero-order chi connectivity index (χ0) is 4.12. The van der Waals surface area contributed by atoms with Crippen LogP contribution in [0.2, 0.25) is 0 Å². The third-order valence-corrected chi connectivity index (χ3v) is 0.134. The number of carbonyl (C=O) groups excluding carboxylic acids is 2. The molecule has 0 atom stereocenters. The second-order valence-electron chi connectivity index (χ2n) is 0.408. The fraction of sp³-hybridized carbons (Fsp3) is 0. The summed E-state index contributed by atoms with van der Waals surface area (Å²) >= 11 is 0. The molecular weight excluding hydrogens is 70.0 g/mol. The standard InChI is InChI=1S/C2H4NO2/c3-5-2-1-4/h1-2H,3H2/q+1. The molecule has 0 fully saturated rings. The van der Waals surface area contributed by atoms with Crippen LogP contribution in [0, 0.1) is 0 Å². The van der Waals surface area contributed by atoms with Crippen molar-refractivity contribution in [3.05, 3.63) is 0 Å². The van der Waals surface area contributed by atoms with Crippen LogP contribution in [0.5, 0.6) is 0 Å². The number of nitrogens with two attached hydrogens (primary N) is 1. The van der Waals surface area contributed by atoms with Crippen LogP contribution in [-0.4, -0.2) is 12.6 Å². The van der Waals surface area contributed by atoms with Gasteiger partial charge in [-0.2, -0.15) is 0 Å². The van der Waals surface area contributed by atoms with Gasteiger partial charge in [-0.15, -0.1) is 4.53 Å². The van der Waals surface area contributed by atoms with Gasteiger partial charge in [0, 0.05) is 0 Å². The molecule has 28 valence electrons. The van der Waals surface area contributed by atoms with Crippen molar-refractivity contribution in [2.75, 3.05) is 0 Å². The van der Waals surface area contributed by atoms with Crippen LogP contribution in [-0.2, 0) is 9.32 Å². The first-order valence-corrected chi connectivity index (χ1v) is 1.04. The fourth-order valence-corrected chi connectivity index (χ4v) is 0.0321. The highest BCUT2D eigenvalue weighted by molar-refractivity contribution is 6.09. The Balaban J connectivity index is 2.92. The van der Waals surface area contributed by atoms with Gasteiger partial charge in [-0.3, -0.25) is 4.79 Å². The van der Waals surface area contributed by atoms with Gasteiger partial charge in [-0.05, 0) is 0 Å². The third-order valence-electron chi connectivity index (χ3n) is 0.134. The molecule has 0 aliphatic rings. The van der Waals surface area contributed by atoms with Gasteiger partial charge in [0.05, 0.1) is 0 Å². The van der Waals surface area contributed by atoms with E-state index in [1.54, 1.807) is 0 Å². The van der Waals surface area contributed by atoms with E-state index in [1.807, 2.05) is 0 Å². The lowest BCUT2D eigenvalue weighted by molar-refractivity contribution is -0.462. The van der Waals surface area contributed by atoms with E-state index in [1.165, 1.54) is 0 Å². The minimum atomic E-state index is 0.458. The Kier molecular flexibility index (Phi) is 2.60. The van der Waals surface area contributed by atoms with Gasteiger partial charge in [0.2, 0.25) is 6.29 Å². The van der Waals surface area contributed by atoms with Crippen molar-refractivity contribution in [2.24, 2.45) is 5.90 Å². The Hall–Kier alpha value is -0.860. The molecule has 0 aliphatic carbocycles. The van der Waals surface area contributed by atoms with Gasteiger partial charge in [-0.1, -0.05) is 5.90 Å². The summed E-state index contributed by atoms with van der Waals surface area (Å²) in [6.45, 7) is 0. The van der Waals surface area contributed by atoms with E-state index in [9.17, 15) is 0 Å². The molecule has 5 heavy (non-hydrogen) atoms. The molecule has 0 radical (unpaired) electrons. The Labute approximate surface area is 29.0 Å². The molecule has 0 aromatic heterocycles. The van der Waals surface area contributed by atoms with Gasteiger partial charge in [-0.25, -0.2) is 0 Å². The maximum Gasteiger partial charge on any atom is 0.400 e. The molecule has 0 saturated heterocycles. The van der Waals surface area contributed by atoms with E-state index in [-0.39, 0.29) is 0 Å². The fourth-order valence-electron chi connectivity index (χ4n) is 0.0321. The van der Waals surface area contributed by atoms with Crippen molar-refractivity contribution in [3.8, 4) is 0 Å². The summed E-state index contributed by atoms with van der Waals surface area (Å²) in [7, 11) is 0. The van der Waals surface area contributed by atoms with E-state index in [0.717, 1.165) is 6.29 Å². The monoisotopic (exact) mass is 74.0 g/mol. The van der Waals surface area contributed by atoms with Gasteiger partial charge < -0.3 is 0 Å². The largest absolute Gasteiger partial charge is 0.400 e. The molecule has 0 bridgehead atoms. The Morgan fingerprint density at radius 2 is 2.40 bits per heavy atom. The van der Waals surface area contributed by atoms with Crippen LogP contribution < -0.4 is 5.90 Å². The first-order valence-electron chi connectivity index (χ1n) is 1.04. The molecule has 3 heteroatoms. The number of rotatable bonds is 1. The molecule has 0 heterocycles. The molecular formula is C2H4NO2+. The highest BCUT2D eigenvalue weighted by Crippen LogP contribution is 1.19. The number of hydrogen-bond acceptors (Lipinski definition) is 2. The SMILES string of the molecule is N[O+]=CC=O. The number of hydrogen-bond donors (Lipinski definition) is 1. The van der Waals surface area contributed by atoms with Crippen molar-refractivity contribution < 1.29 is 9.32 Å². The molecule has 0 amide bonds. The summed E-state index contributed by atoms with van der Waals surface area (Å²) in [5, 5.41) is 0. The molecule has 0 aromatic rings. The van der Waals surface area contributed by atoms with E-state index in [4.69, 9.17) is 4.79 Å². The summed E-state index contributed by atoms with van der Waals surface area (Å²) in [4.78, 5) is 9.14. The lowest BCUT2D eigenvalue weighted by Crippen LogP contribution is -1.89. The minimum absolute atomic E-state index is 0.458. The van der Waals surface area contributed by atoms with Crippen LogP contribution in [0.1, 0.15) is 0 Å². The van der Waals surface area contributed by atoms with E-state index < -0.39 is 0 Å². The maximum atomic E-state index is 9.14. The molecule has 0 spiro atoms. The van der Waals surface area contributed by atoms with Gasteiger partial charge >= 0.3 is 6.29 Å². The lowest BCUT2D eigenvalue weighted by Gasteiger charge is -1.39. The van der Waals surface area contributed by atoms with Crippen molar-refractivity contribution in [1.29, 1.82) is 0 Å². The molecule has 3 nitrogen and oxygen atoms in total. The average molecular weight is 74.1 g/mol. The van der Waals surface area contributed by atoms with E-state index >= 15 is 0 Å². The summed E-state index contributed by atoms with van der Waals surface area (Å²) in [5.41, 5.74) is 0. The maximum absolute atomic E-state index is 9.14. The smallest absolute Gasteiger partial charge is 0.289 e. The summed E-state index contributed by atoms with van der Waals surface area (Å²) in [6, 6.07) is 0. The van der Waals surface area contributed by atoms with Crippen molar-refractivity contribution >= 4 is 12.6 Å². The second kappa shape index (κ2) is 3.14. The highest BCUT2D eigenvalue weighted by atomic mass is 16.5. The zero-order valence-electron chi connectivity index (χ0n) is 2.55. The van der Waals surface area contributed by atoms with E-state index in [2.05, 4.69) is 10.4 Å². The van der Waals surface area contributed by atoms with Crippen LogP contribution in [0.3, 0.4) is 0 Å². The Morgan fingerprint density at radius 1 is 1.80 bits per heavy atom. The molecule has 0 aromatic carbocycles. The topological polar surface area (TPSA) is 54.4 Å². The Morgan fingerprint density at radius 3 is 2.40 bits per heavy atom. The third kappa shape index (κ3) is 3.14. The first kappa shape index (κ1) is 4.14. The van der Waals surface area contributed by atoms with Gasteiger partial charge in [0.25, 0.3) is 0 Å². The summed E-state index contributed by atoms with van der Waals surface area (Å²) in [6.07, 6.45) is 1.31. The second-order valence-corrected chi connectivity index (χ2v) is 0.408. The summed E-state index contributed by atoms with van der Waals surface area (Å²) in [5.74, 6) is 4.35. The van der Waals surface area contributed by atoms with Crippen molar-refractivity contribution in [2.45, 2.75) is 0 Å². The molecule has 0 unspecified atom stereocenters. The molecule has 0 aliphatic heterocycles. The molecule has 0 rings (SSSR count). The molecule has 2 N–H and O–H groups in total. The van der Waals surface area contributed by atoms with Crippen LogP contribution >= 0.6 is 0 Å². The summed E-state index contributed by atoms with van der Waals surface area (Å²) < 4.78 is 3.70. The average Bonchev–Trinajstić information content (AvgIpc) is 1.41. The van der Waals surface area contributed by atoms with Gasteiger partial charge in [0.1, 0.15) is 0 Å². The number of aldehydes is 2.